The number of fused-ring (bicyclic) bond motifs is 3. The van der Waals surface area contributed by atoms with E-state index in [0.29, 0.717) is 46.7 Å². The Kier molecular flexibility index (Phi) is 10.1. The summed E-state index contributed by atoms with van der Waals surface area (Å²) in [6.45, 7) is 1.80. The molecule has 0 saturated heterocycles. The van der Waals surface area contributed by atoms with E-state index in [2.05, 4.69) is 42.1 Å². The third kappa shape index (κ3) is 6.09. The molecule has 2 aliphatic heterocycles. The van der Waals surface area contributed by atoms with Crippen molar-refractivity contribution >= 4 is 0 Å². The van der Waals surface area contributed by atoms with Crippen molar-refractivity contribution in [2.75, 3.05) is 84.1 Å². The number of ether oxygens (including phenoxy) is 9. The van der Waals surface area contributed by atoms with Gasteiger partial charge in [0.05, 0.1) is 56.9 Å². The van der Waals surface area contributed by atoms with E-state index < -0.39 is 0 Å². The summed E-state index contributed by atoms with van der Waals surface area (Å²) < 4.78 is 53.9. The zero-order valence-electron chi connectivity index (χ0n) is 32.4. The van der Waals surface area contributed by atoms with Gasteiger partial charge in [0.25, 0.3) is 0 Å². The van der Waals surface area contributed by atoms with Crippen molar-refractivity contribution < 1.29 is 42.6 Å². The molecule has 2 heterocycles. The second-order valence-corrected chi connectivity index (χ2v) is 13.8. The van der Waals surface area contributed by atoms with Crippen LogP contribution in [-0.4, -0.2) is 93.9 Å². The molecular weight excluding hydrogens is 676 g/mol. The van der Waals surface area contributed by atoms with Gasteiger partial charge in [-0.2, -0.15) is 0 Å². The number of benzene rings is 4. The fraction of sp³-hybridized carbons (Fsp3) is 0.429. The van der Waals surface area contributed by atoms with Crippen LogP contribution in [0.2, 0.25) is 0 Å². The topological polar surface area (TPSA) is 89.6 Å². The molecule has 282 valence electrons. The zero-order chi connectivity index (χ0) is 37.6. The van der Waals surface area contributed by atoms with E-state index in [-0.39, 0.29) is 12.1 Å². The molecule has 3 aliphatic rings. The summed E-state index contributed by atoms with van der Waals surface area (Å²) in [4.78, 5) is 4.77. The number of methoxy groups -OCH3 is 8. The highest BCUT2D eigenvalue weighted by Gasteiger charge is 2.40. The van der Waals surface area contributed by atoms with Crippen LogP contribution in [0.4, 0.5) is 0 Å². The van der Waals surface area contributed by atoms with E-state index in [4.69, 9.17) is 42.6 Å². The van der Waals surface area contributed by atoms with Crippen LogP contribution in [0.15, 0.2) is 36.4 Å². The molecule has 0 unspecified atom stereocenters. The van der Waals surface area contributed by atoms with Crippen molar-refractivity contribution in [1.82, 2.24) is 9.80 Å². The number of rotatable bonds is 12. The van der Waals surface area contributed by atoms with E-state index in [1.54, 1.807) is 56.9 Å². The van der Waals surface area contributed by atoms with Crippen molar-refractivity contribution in [1.29, 1.82) is 0 Å². The van der Waals surface area contributed by atoms with Crippen molar-refractivity contribution in [3.05, 3.63) is 69.8 Å². The second-order valence-electron chi connectivity index (χ2n) is 13.8. The maximum atomic E-state index is 6.80. The lowest BCUT2D eigenvalue weighted by Crippen LogP contribution is -2.36. The summed E-state index contributed by atoms with van der Waals surface area (Å²) in [5.74, 6) is 6.42. The summed E-state index contributed by atoms with van der Waals surface area (Å²) in [5.41, 5.74) is 8.93. The van der Waals surface area contributed by atoms with Gasteiger partial charge in [0.1, 0.15) is 5.75 Å². The number of hydrogen-bond donors (Lipinski definition) is 0. The highest BCUT2D eigenvalue weighted by Crippen LogP contribution is 2.58. The minimum atomic E-state index is 0.0648. The molecule has 0 spiro atoms. The van der Waals surface area contributed by atoms with Crippen LogP contribution >= 0.6 is 0 Å². The summed E-state index contributed by atoms with van der Waals surface area (Å²) in [6, 6.07) is 12.4. The largest absolute Gasteiger partial charge is 0.496 e. The normalized spacial score (nSPS) is 17.5. The number of hydrogen-bond acceptors (Lipinski definition) is 11. The van der Waals surface area contributed by atoms with Gasteiger partial charge in [-0.1, -0.05) is 0 Å². The van der Waals surface area contributed by atoms with Crippen molar-refractivity contribution in [2.45, 2.75) is 37.8 Å². The van der Waals surface area contributed by atoms with E-state index in [1.165, 1.54) is 16.7 Å². The van der Waals surface area contributed by atoms with Gasteiger partial charge < -0.3 is 42.6 Å². The summed E-state index contributed by atoms with van der Waals surface area (Å²) in [5, 5.41) is 0. The van der Waals surface area contributed by atoms with Gasteiger partial charge >= 0.3 is 0 Å². The smallest absolute Gasteiger partial charge is 0.204 e. The van der Waals surface area contributed by atoms with Crippen molar-refractivity contribution in [2.24, 2.45) is 0 Å². The first-order valence-electron chi connectivity index (χ1n) is 17.9. The van der Waals surface area contributed by atoms with Crippen LogP contribution in [0.25, 0.3) is 11.1 Å². The van der Waals surface area contributed by atoms with Crippen LogP contribution in [0.5, 0.6) is 57.5 Å². The molecule has 11 nitrogen and oxygen atoms in total. The first kappa shape index (κ1) is 36.4. The van der Waals surface area contributed by atoms with E-state index in [1.807, 2.05) is 18.2 Å². The lowest BCUT2D eigenvalue weighted by atomic mass is 9.76. The van der Waals surface area contributed by atoms with Crippen LogP contribution in [-0.2, 0) is 25.7 Å². The Morgan fingerprint density at radius 3 is 1.79 bits per heavy atom. The third-order valence-corrected chi connectivity index (χ3v) is 11.2. The zero-order valence-corrected chi connectivity index (χ0v) is 32.4. The molecule has 2 atom stereocenters. The fourth-order valence-corrected chi connectivity index (χ4v) is 8.52. The van der Waals surface area contributed by atoms with Gasteiger partial charge in [-0.05, 0) is 103 Å². The van der Waals surface area contributed by atoms with Gasteiger partial charge in [-0.25, -0.2) is 0 Å². The van der Waals surface area contributed by atoms with E-state index in [9.17, 15) is 0 Å². The summed E-state index contributed by atoms with van der Waals surface area (Å²) in [7, 11) is 17.7. The summed E-state index contributed by atoms with van der Waals surface area (Å²) >= 11 is 0. The quantitative estimate of drug-likeness (QED) is 0.150. The Labute approximate surface area is 312 Å². The molecule has 0 fully saturated rings. The van der Waals surface area contributed by atoms with E-state index >= 15 is 0 Å². The molecule has 7 rings (SSSR count). The van der Waals surface area contributed by atoms with Gasteiger partial charge in [-0.3, -0.25) is 9.80 Å². The third-order valence-electron chi connectivity index (χ3n) is 11.2. The predicted octanol–water partition coefficient (Wildman–Crippen LogP) is 7.07. The summed E-state index contributed by atoms with van der Waals surface area (Å²) in [6.07, 6.45) is 3.21. The molecule has 0 N–H and O–H groups in total. The van der Waals surface area contributed by atoms with Crippen LogP contribution in [0, 0.1) is 0 Å². The lowest BCUT2D eigenvalue weighted by molar-refractivity contribution is 0.222. The van der Waals surface area contributed by atoms with Crippen LogP contribution in [0.1, 0.15) is 45.5 Å². The Hall–Kier alpha value is -5.00. The van der Waals surface area contributed by atoms with Crippen LogP contribution in [0.3, 0.4) is 0 Å². The highest BCUT2D eigenvalue weighted by atomic mass is 16.5. The minimum absolute atomic E-state index is 0.0648. The molecular formula is C42H50N2O9. The molecule has 4 aromatic rings. The Morgan fingerprint density at radius 1 is 0.547 bits per heavy atom. The van der Waals surface area contributed by atoms with E-state index in [0.717, 1.165) is 77.4 Å². The van der Waals surface area contributed by atoms with Crippen molar-refractivity contribution in [3.8, 4) is 68.6 Å². The molecule has 0 aromatic heterocycles. The van der Waals surface area contributed by atoms with Gasteiger partial charge in [0.15, 0.2) is 46.0 Å². The maximum absolute atomic E-state index is 6.80. The molecule has 53 heavy (non-hydrogen) atoms. The van der Waals surface area contributed by atoms with Gasteiger partial charge in [-0.15, -0.1) is 0 Å². The van der Waals surface area contributed by atoms with Gasteiger partial charge in [0, 0.05) is 42.4 Å². The molecule has 0 bridgehead atoms. The van der Waals surface area contributed by atoms with Gasteiger partial charge in [0.2, 0.25) is 5.75 Å². The monoisotopic (exact) mass is 726 g/mol. The Bertz CT molecular complexity index is 2030. The fourth-order valence-electron chi connectivity index (χ4n) is 8.52. The standard InChI is InChI=1S/C42H50N2O9/c1-43-13-11-23-17-32(46-4)33(47-5)20-27(23)29(43)16-25-19-37(35(49-7)22-31(25)45-3)53-36-18-24-15-30-38-26(12-14-44(30)2)40(50-8)42(52-10)41(51-9)39(38)28(24)21-34(36)48-6/h17-22,29-30H,11-16H2,1-10H3/t29-,30+/m1/s1. The Morgan fingerprint density at radius 2 is 1.13 bits per heavy atom. The Balaban J connectivity index is 1.32. The first-order chi connectivity index (χ1) is 25.7. The first-order valence-corrected chi connectivity index (χ1v) is 17.9. The molecule has 0 amide bonds. The highest BCUT2D eigenvalue weighted by molar-refractivity contribution is 5.87. The van der Waals surface area contributed by atoms with Crippen LogP contribution < -0.4 is 42.6 Å². The maximum Gasteiger partial charge on any atom is 0.204 e. The SMILES string of the molecule is COc1cc(OC)c(Oc2cc3c(cc2OC)-c2c(OC)c(OC)c(OC)c4c2[C@H](C3)N(C)CC4)cc1C[C@@H]1c2cc(OC)c(OC)cc2CCN1C. The molecule has 0 radical (unpaired) electrons. The lowest BCUT2D eigenvalue weighted by Gasteiger charge is -2.41. The number of likely N-dealkylation sites (N-methyl/N-ethyl adjacent to an activating group) is 2. The average Bonchev–Trinajstić information content (AvgIpc) is 3.18. The van der Waals surface area contributed by atoms with Crippen molar-refractivity contribution in [3.63, 3.8) is 0 Å². The molecule has 4 aromatic carbocycles. The predicted molar refractivity (Wildman–Crippen MR) is 203 cm³/mol. The molecule has 11 heteroatoms. The second kappa shape index (κ2) is 14.8. The molecule has 0 saturated carbocycles. The minimum Gasteiger partial charge on any atom is -0.496 e. The number of nitrogens with zero attached hydrogens (tertiary/aromatic N) is 2. The average molecular weight is 727 g/mol. The molecule has 1 aliphatic carbocycles.